The Labute approximate surface area is 147 Å². The van der Waals surface area contributed by atoms with Gasteiger partial charge in [0, 0.05) is 29.5 Å². The Kier molecular flexibility index (Phi) is 6.01. The maximum Gasteiger partial charge on any atom is 0.294 e. The third kappa shape index (κ3) is 5.53. The number of carbonyl (C=O) groups is 2. The summed E-state index contributed by atoms with van der Waals surface area (Å²) in [5.41, 5.74) is 1.70. The highest BCUT2D eigenvalue weighted by atomic mass is 32.1. The van der Waals surface area contributed by atoms with Crippen molar-refractivity contribution < 1.29 is 19.5 Å². The Morgan fingerprint density at radius 2 is 1.96 bits per heavy atom. The van der Waals surface area contributed by atoms with Gasteiger partial charge in [-0.1, -0.05) is 0 Å². The van der Waals surface area contributed by atoms with Gasteiger partial charge in [-0.2, -0.15) is 0 Å². The van der Waals surface area contributed by atoms with Gasteiger partial charge in [0.05, 0.1) is 5.69 Å². The molecule has 1 heterocycles. The number of benzene rings is 1. The zero-order valence-corrected chi connectivity index (χ0v) is 14.4. The fourth-order valence-corrected chi connectivity index (χ4v) is 2.94. The Morgan fingerprint density at radius 3 is 2.56 bits per heavy atom. The minimum absolute atomic E-state index is 0.0615. The molecule has 0 fully saturated rings. The molecule has 0 radical (unpaired) electrons. The molecule has 9 nitrogen and oxygen atoms in total. The topological polar surface area (TPSA) is 123 Å². The molecule has 2 N–H and O–H groups in total. The molecule has 1 aromatic heterocycles. The lowest BCUT2D eigenvalue weighted by Crippen LogP contribution is -2.12. The van der Waals surface area contributed by atoms with Crippen molar-refractivity contribution >= 4 is 34.0 Å². The second kappa shape index (κ2) is 8.20. The molecular formula is C15H16N4O5S. The lowest BCUT2D eigenvalue weighted by atomic mass is 10.2. The maximum absolute atomic E-state index is 12.2. The second-order valence-corrected chi connectivity index (χ2v) is 6.13. The highest BCUT2D eigenvalue weighted by molar-refractivity contribution is 7.15. The summed E-state index contributed by atoms with van der Waals surface area (Å²) in [5, 5.41) is 15.0. The minimum Gasteiger partial charge on any atom is -0.326 e. The first-order valence-electron chi connectivity index (χ1n) is 7.28. The van der Waals surface area contributed by atoms with Crippen LogP contribution in [-0.2, 0) is 16.1 Å². The smallest absolute Gasteiger partial charge is 0.294 e. The van der Waals surface area contributed by atoms with E-state index in [1.165, 1.54) is 18.3 Å². The van der Waals surface area contributed by atoms with Gasteiger partial charge in [0.1, 0.15) is 6.61 Å². The van der Waals surface area contributed by atoms with E-state index in [1.54, 1.807) is 31.2 Å². The first kappa shape index (κ1) is 18.3. The molecule has 1 aromatic carbocycles. The van der Waals surface area contributed by atoms with Crippen LogP contribution in [0.15, 0.2) is 24.3 Å². The molecule has 0 saturated heterocycles. The van der Waals surface area contributed by atoms with E-state index in [0.29, 0.717) is 28.5 Å². The van der Waals surface area contributed by atoms with Crippen LogP contribution in [0.3, 0.4) is 0 Å². The van der Waals surface area contributed by atoms with Crippen molar-refractivity contribution in [3.05, 3.63) is 50.5 Å². The van der Waals surface area contributed by atoms with Gasteiger partial charge in [-0.25, -0.2) is 4.98 Å². The van der Waals surface area contributed by atoms with Crippen molar-refractivity contribution in [3.63, 3.8) is 0 Å². The van der Waals surface area contributed by atoms with Gasteiger partial charge >= 0.3 is 0 Å². The second-order valence-electron chi connectivity index (χ2n) is 5.05. The lowest BCUT2D eigenvalue weighted by Gasteiger charge is -2.04. The molecule has 0 aliphatic rings. The average molecular weight is 364 g/mol. The number of nitrogens with zero attached hydrogens (tertiary/aromatic N) is 2. The summed E-state index contributed by atoms with van der Waals surface area (Å²) in [6.07, 6.45) is 0.339. The summed E-state index contributed by atoms with van der Waals surface area (Å²) >= 11 is 1.24. The predicted molar refractivity (Wildman–Crippen MR) is 92.2 cm³/mol. The summed E-state index contributed by atoms with van der Waals surface area (Å²) in [5.74, 6) is -0.528. The molecule has 2 amide bonds. The SMILES string of the molecule is CC(=O)Nc1ccc(C(=O)Nc2nc(C)c(CCO[N+](=O)[O-])s2)cc1. The van der Waals surface area contributed by atoms with Gasteiger partial charge in [-0.3, -0.25) is 14.9 Å². The van der Waals surface area contributed by atoms with Crippen LogP contribution in [0.2, 0.25) is 0 Å². The summed E-state index contributed by atoms with van der Waals surface area (Å²) in [6.45, 7) is 3.10. The Balaban J connectivity index is 1.98. The summed E-state index contributed by atoms with van der Waals surface area (Å²) in [6, 6.07) is 6.44. The first-order chi connectivity index (χ1) is 11.8. The van der Waals surface area contributed by atoms with Gasteiger partial charge < -0.3 is 10.2 Å². The molecule has 0 aliphatic carbocycles. The number of rotatable bonds is 7. The van der Waals surface area contributed by atoms with Crippen LogP contribution >= 0.6 is 11.3 Å². The molecule has 2 rings (SSSR count). The van der Waals surface area contributed by atoms with Crippen LogP contribution in [0.4, 0.5) is 10.8 Å². The zero-order valence-electron chi connectivity index (χ0n) is 13.6. The fourth-order valence-electron chi connectivity index (χ4n) is 2.00. The van der Waals surface area contributed by atoms with Gasteiger partial charge in [0.25, 0.3) is 11.0 Å². The van der Waals surface area contributed by atoms with Crippen molar-refractivity contribution in [1.82, 2.24) is 4.98 Å². The van der Waals surface area contributed by atoms with E-state index in [1.807, 2.05) is 0 Å². The highest BCUT2D eigenvalue weighted by Crippen LogP contribution is 2.23. The third-order valence-corrected chi connectivity index (χ3v) is 4.24. The monoisotopic (exact) mass is 364 g/mol. The first-order valence-corrected chi connectivity index (χ1v) is 8.09. The molecule has 0 unspecified atom stereocenters. The standard InChI is InChI=1S/C15H16N4O5S/c1-9-13(7-8-24-19(22)23)25-15(16-9)18-14(21)11-3-5-12(6-4-11)17-10(2)20/h3-6H,7-8H2,1-2H3,(H,17,20)(H,16,18,21). The molecule has 2 aromatic rings. The fraction of sp³-hybridized carbons (Fsp3) is 0.267. The predicted octanol–water partition coefficient (Wildman–Crippen LogP) is 2.41. The van der Waals surface area contributed by atoms with Crippen molar-refractivity contribution in [2.75, 3.05) is 17.2 Å². The molecule has 25 heavy (non-hydrogen) atoms. The zero-order chi connectivity index (χ0) is 18.4. The summed E-state index contributed by atoms with van der Waals surface area (Å²) in [7, 11) is 0. The van der Waals surface area contributed by atoms with Crippen LogP contribution in [0, 0.1) is 17.0 Å². The molecule has 0 atom stereocenters. The molecule has 132 valence electrons. The molecule has 0 saturated carbocycles. The third-order valence-electron chi connectivity index (χ3n) is 3.11. The number of anilines is 2. The van der Waals surface area contributed by atoms with Crippen molar-refractivity contribution in [2.24, 2.45) is 0 Å². The highest BCUT2D eigenvalue weighted by Gasteiger charge is 2.12. The van der Waals surface area contributed by atoms with Gasteiger partial charge in [0.15, 0.2) is 5.13 Å². The minimum atomic E-state index is -0.844. The number of aromatic nitrogens is 1. The van der Waals surface area contributed by atoms with E-state index in [4.69, 9.17) is 0 Å². The van der Waals surface area contributed by atoms with E-state index in [2.05, 4.69) is 20.5 Å². The van der Waals surface area contributed by atoms with Gasteiger partial charge in [0.2, 0.25) is 5.91 Å². The Hall–Kier alpha value is -3.01. The number of aryl methyl sites for hydroxylation is 1. The van der Waals surface area contributed by atoms with Gasteiger partial charge in [-0.15, -0.1) is 21.5 Å². The molecule has 0 bridgehead atoms. The lowest BCUT2D eigenvalue weighted by molar-refractivity contribution is -0.757. The van der Waals surface area contributed by atoms with E-state index >= 15 is 0 Å². The number of thiazole rings is 1. The summed E-state index contributed by atoms with van der Waals surface area (Å²) < 4.78 is 0. The average Bonchev–Trinajstić information content (AvgIpc) is 2.86. The summed E-state index contributed by atoms with van der Waals surface area (Å²) in [4.78, 5) is 42.7. The Morgan fingerprint density at radius 1 is 1.28 bits per heavy atom. The number of hydrogen-bond acceptors (Lipinski definition) is 7. The molecule has 0 spiro atoms. The number of nitrogens with one attached hydrogen (secondary N) is 2. The van der Waals surface area contributed by atoms with Gasteiger partial charge in [-0.05, 0) is 31.2 Å². The largest absolute Gasteiger partial charge is 0.326 e. The Bertz CT molecular complexity index is 788. The van der Waals surface area contributed by atoms with E-state index in [-0.39, 0.29) is 18.4 Å². The number of carbonyl (C=O) groups excluding carboxylic acids is 2. The van der Waals surface area contributed by atoms with Crippen molar-refractivity contribution in [3.8, 4) is 0 Å². The van der Waals surface area contributed by atoms with Crippen molar-refractivity contribution in [2.45, 2.75) is 20.3 Å². The van der Waals surface area contributed by atoms with Crippen LogP contribution in [0.5, 0.6) is 0 Å². The quantitative estimate of drug-likeness (QED) is 0.574. The molecular weight excluding hydrogens is 348 g/mol. The van der Waals surface area contributed by atoms with Crippen LogP contribution in [0.1, 0.15) is 27.9 Å². The molecule has 0 aliphatic heterocycles. The van der Waals surface area contributed by atoms with Crippen LogP contribution in [0.25, 0.3) is 0 Å². The molecule has 10 heteroatoms. The van der Waals surface area contributed by atoms with Crippen LogP contribution < -0.4 is 10.6 Å². The number of amides is 2. The van der Waals surface area contributed by atoms with Crippen LogP contribution in [-0.4, -0.2) is 28.5 Å². The number of hydrogen-bond donors (Lipinski definition) is 2. The normalized spacial score (nSPS) is 10.2. The maximum atomic E-state index is 12.2. The van der Waals surface area contributed by atoms with Crippen molar-refractivity contribution in [1.29, 1.82) is 0 Å². The van der Waals surface area contributed by atoms with E-state index in [0.717, 1.165) is 4.88 Å². The van der Waals surface area contributed by atoms with E-state index < -0.39 is 5.09 Å². The van der Waals surface area contributed by atoms with E-state index in [9.17, 15) is 19.7 Å².